The number of nitrogens with one attached hydrogen (secondary N) is 2. The number of aryl methyl sites for hydroxylation is 1. The zero-order chi connectivity index (χ0) is 20.1. The minimum absolute atomic E-state index is 0.000739. The summed E-state index contributed by atoms with van der Waals surface area (Å²) in [5.41, 5.74) is 3.97. The van der Waals surface area contributed by atoms with Gasteiger partial charge in [-0.05, 0) is 54.2 Å². The van der Waals surface area contributed by atoms with Crippen LogP contribution in [0.15, 0.2) is 42.5 Å². The van der Waals surface area contributed by atoms with Crippen molar-refractivity contribution < 1.29 is 14.3 Å². The first-order valence-electron chi connectivity index (χ1n) is 9.80. The fraction of sp³-hybridized carbons (Fsp3) is 0.391. The highest BCUT2D eigenvalue weighted by atomic mass is 16.5. The van der Waals surface area contributed by atoms with E-state index in [0.717, 1.165) is 28.1 Å². The average molecular weight is 380 g/mol. The number of ether oxygens (including phenoxy) is 1. The second-order valence-electron chi connectivity index (χ2n) is 7.82. The SMILES string of the molecule is Cc1ccccc1CNC(=O)[C@@H]1COc2ccc(NC(=O)CC(C)C)cc2C1. The number of carbonyl (C=O) groups is 2. The van der Waals surface area contributed by atoms with Gasteiger partial charge in [0.1, 0.15) is 12.4 Å². The van der Waals surface area contributed by atoms with Crippen molar-refractivity contribution in [1.82, 2.24) is 5.32 Å². The molecule has 0 aromatic heterocycles. The molecule has 0 fully saturated rings. The first-order chi connectivity index (χ1) is 13.4. The third-order valence-corrected chi connectivity index (χ3v) is 4.93. The van der Waals surface area contributed by atoms with Crippen molar-refractivity contribution in [2.24, 2.45) is 11.8 Å². The number of hydrogen-bond donors (Lipinski definition) is 2. The number of hydrogen-bond acceptors (Lipinski definition) is 3. The van der Waals surface area contributed by atoms with Crippen molar-refractivity contribution in [2.75, 3.05) is 11.9 Å². The fourth-order valence-electron chi connectivity index (χ4n) is 3.36. The Morgan fingerprint density at radius 1 is 1.18 bits per heavy atom. The molecule has 148 valence electrons. The predicted molar refractivity (Wildman–Crippen MR) is 110 cm³/mol. The lowest BCUT2D eigenvalue weighted by Gasteiger charge is -2.25. The lowest BCUT2D eigenvalue weighted by atomic mass is 9.95. The Labute approximate surface area is 166 Å². The highest BCUT2D eigenvalue weighted by molar-refractivity contribution is 5.91. The zero-order valence-corrected chi connectivity index (χ0v) is 16.7. The monoisotopic (exact) mass is 380 g/mol. The largest absolute Gasteiger partial charge is 0.492 e. The Balaban J connectivity index is 1.61. The van der Waals surface area contributed by atoms with Gasteiger partial charge in [0.25, 0.3) is 0 Å². The van der Waals surface area contributed by atoms with Gasteiger partial charge in [0.2, 0.25) is 11.8 Å². The van der Waals surface area contributed by atoms with Gasteiger partial charge in [-0.15, -0.1) is 0 Å². The number of carbonyl (C=O) groups excluding carboxylic acids is 2. The number of anilines is 1. The number of fused-ring (bicyclic) bond motifs is 1. The van der Waals surface area contributed by atoms with Gasteiger partial charge in [-0.3, -0.25) is 9.59 Å². The Kier molecular flexibility index (Phi) is 6.34. The molecule has 5 heteroatoms. The lowest BCUT2D eigenvalue weighted by molar-refractivity contribution is -0.126. The van der Waals surface area contributed by atoms with Crippen LogP contribution in [-0.4, -0.2) is 18.4 Å². The smallest absolute Gasteiger partial charge is 0.227 e. The van der Waals surface area contributed by atoms with E-state index in [1.807, 2.05) is 63.2 Å². The molecule has 1 heterocycles. The van der Waals surface area contributed by atoms with E-state index in [-0.39, 0.29) is 17.7 Å². The van der Waals surface area contributed by atoms with Crippen LogP contribution >= 0.6 is 0 Å². The van der Waals surface area contributed by atoms with Crippen molar-refractivity contribution in [1.29, 1.82) is 0 Å². The molecule has 0 aliphatic carbocycles. The van der Waals surface area contributed by atoms with Crippen molar-refractivity contribution in [3.63, 3.8) is 0 Å². The van der Waals surface area contributed by atoms with Gasteiger partial charge in [0.05, 0.1) is 5.92 Å². The molecule has 2 N–H and O–H groups in total. The summed E-state index contributed by atoms with van der Waals surface area (Å²) in [5, 5.41) is 5.95. The van der Waals surface area contributed by atoms with Crippen molar-refractivity contribution >= 4 is 17.5 Å². The summed E-state index contributed by atoms with van der Waals surface area (Å²) >= 11 is 0. The first kappa shape index (κ1) is 19.9. The Morgan fingerprint density at radius 3 is 2.71 bits per heavy atom. The van der Waals surface area contributed by atoms with Crippen molar-refractivity contribution in [3.8, 4) is 5.75 Å². The maximum Gasteiger partial charge on any atom is 0.227 e. The highest BCUT2D eigenvalue weighted by Crippen LogP contribution is 2.30. The number of rotatable bonds is 6. The van der Waals surface area contributed by atoms with Gasteiger partial charge in [0, 0.05) is 18.7 Å². The van der Waals surface area contributed by atoms with E-state index >= 15 is 0 Å². The number of benzene rings is 2. The standard InChI is InChI=1S/C23H28N2O3/c1-15(2)10-22(26)25-20-8-9-21-18(12-20)11-19(14-28-21)23(27)24-13-17-7-5-4-6-16(17)3/h4-9,12,15,19H,10-11,13-14H2,1-3H3,(H,24,27)(H,25,26)/t19-/m0/s1. The van der Waals surface area contributed by atoms with Crippen LogP contribution in [0, 0.1) is 18.8 Å². The minimum Gasteiger partial charge on any atom is -0.492 e. The topological polar surface area (TPSA) is 67.4 Å². The van der Waals surface area contributed by atoms with Gasteiger partial charge in [-0.1, -0.05) is 38.1 Å². The van der Waals surface area contributed by atoms with Crippen LogP contribution in [0.25, 0.3) is 0 Å². The van der Waals surface area contributed by atoms with Crippen LogP contribution in [0.4, 0.5) is 5.69 Å². The molecule has 0 saturated carbocycles. The average Bonchev–Trinajstić information content (AvgIpc) is 2.66. The van der Waals surface area contributed by atoms with E-state index < -0.39 is 0 Å². The molecule has 0 saturated heterocycles. The quantitative estimate of drug-likeness (QED) is 0.800. The van der Waals surface area contributed by atoms with Crippen LogP contribution in [0.2, 0.25) is 0 Å². The molecule has 0 unspecified atom stereocenters. The van der Waals surface area contributed by atoms with Crippen molar-refractivity contribution in [2.45, 2.75) is 40.2 Å². The summed E-state index contributed by atoms with van der Waals surface area (Å²) in [5.74, 6) is 0.840. The van der Waals surface area contributed by atoms with Gasteiger partial charge in [0.15, 0.2) is 0 Å². The number of amides is 2. The molecule has 2 amide bonds. The minimum atomic E-state index is -0.238. The fourth-order valence-corrected chi connectivity index (χ4v) is 3.36. The van der Waals surface area contributed by atoms with Gasteiger partial charge in [-0.2, -0.15) is 0 Å². The Morgan fingerprint density at radius 2 is 1.96 bits per heavy atom. The molecule has 0 spiro atoms. The maximum atomic E-state index is 12.6. The molecule has 2 aromatic carbocycles. The van der Waals surface area contributed by atoms with Gasteiger partial charge in [-0.25, -0.2) is 0 Å². The lowest BCUT2D eigenvalue weighted by Crippen LogP contribution is -2.37. The molecule has 2 aromatic rings. The summed E-state index contributed by atoms with van der Waals surface area (Å²) in [7, 11) is 0. The third kappa shape index (κ3) is 5.12. The first-order valence-corrected chi connectivity index (χ1v) is 9.80. The van der Waals surface area contributed by atoms with Crippen LogP contribution in [-0.2, 0) is 22.6 Å². The molecular formula is C23H28N2O3. The van der Waals surface area contributed by atoms with E-state index in [2.05, 4.69) is 10.6 Å². The Hall–Kier alpha value is -2.82. The van der Waals surface area contributed by atoms with Gasteiger partial charge < -0.3 is 15.4 Å². The summed E-state index contributed by atoms with van der Waals surface area (Å²) < 4.78 is 5.78. The molecular weight excluding hydrogens is 352 g/mol. The predicted octanol–water partition coefficient (Wildman–Crippen LogP) is 3.85. The maximum absolute atomic E-state index is 12.6. The molecule has 3 rings (SSSR count). The van der Waals surface area contributed by atoms with Gasteiger partial charge >= 0.3 is 0 Å². The normalized spacial score (nSPS) is 15.5. The molecule has 0 bridgehead atoms. The van der Waals surface area contributed by atoms with E-state index in [1.54, 1.807) is 0 Å². The second-order valence-corrected chi connectivity index (χ2v) is 7.82. The van der Waals surface area contributed by atoms with E-state index in [9.17, 15) is 9.59 Å². The summed E-state index contributed by atoms with van der Waals surface area (Å²) in [6.45, 7) is 6.95. The van der Waals surface area contributed by atoms with Crippen LogP contribution in [0.3, 0.4) is 0 Å². The highest BCUT2D eigenvalue weighted by Gasteiger charge is 2.26. The molecule has 1 aliphatic heterocycles. The summed E-state index contributed by atoms with van der Waals surface area (Å²) in [4.78, 5) is 24.6. The summed E-state index contributed by atoms with van der Waals surface area (Å²) in [6.07, 6.45) is 1.08. The van der Waals surface area contributed by atoms with Crippen LogP contribution < -0.4 is 15.4 Å². The Bertz CT molecular complexity index is 861. The zero-order valence-electron chi connectivity index (χ0n) is 16.7. The molecule has 1 atom stereocenters. The molecule has 5 nitrogen and oxygen atoms in total. The second kappa shape index (κ2) is 8.91. The van der Waals surface area contributed by atoms with Crippen molar-refractivity contribution in [3.05, 3.63) is 59.2 Å². The molecule has 0 radical (unpaired) electrons. The van der Waals surface area contributed by atoms with E-state index in [1.165, 1.54) is 0 Å². The van der Waals surface area contributed by atoms with Crippen LogP contribution in [0.1, 0.15) is 37.0 Å². The van der Waals surface area contributed by atoms with E-state index in [0.29, 0.717) is 31.9 Å². The third-order valence-electron chi connectivity index (χ3n) is 4.93. The van der Waals surface area contributed by atoms with E-state index in [4.69, 9.17) is 4.74 Å². The van der Waals surface area contributed by atoms with Crippen LogP contribution in [0.5, 0.6) is 5.75 Å². The summed E-state index contributed by atoms with van der Waals surface area (Å²) in [6, 6.07) is 13.6. The molecule has 28 heavy (non-hydrogen) atoms. The molecule has 1 aliphatic rings.